The van der Waals surface area contributed by atoms with Crippen molar-refractivity contribution in [2.45, 2.75) is 6.92 Å². The molecule has 2 rings (SSSR count). The average Bonchev–Trinajstić information content (AvgIpc) is 2.79. The minimum Gasteiger partial charge on any atom is -0.448 e. The number of hydrogen-bond acceptors (Lipinski definition) is 5. The summed E-state index contributed by atoms with van der Waals surface area (Å²) in [6.07, 6.45) is 2.38. The maximum absolute atomic E-state index is 11.5. The molecule has 6 nitrogen and oxygen atoms in total. The number of rotatable bonds is 3. The first kappa shape index (κ1) is 13.2. The molecule has 0 aliphatic rings. The van der Waals surface area contributed by atoms with Gasteiger partial charge in [-0.1, -0.05) is 30.3 Å². The normalized spacial score (nSPS) is 10.8. The molecule has 7 heteroatoms. The standard InChI is InChI=1S/C12H12N4O2S/c1-2-18-12(17)16-11(19)15(9-14-16)13-8-10-6-4-3-5-7-10/h3-9H,2H2,1H3/b13-8+. The molecule has 0 spiro atoms. The minimum absolute atomic E-state index is 0.158. The lowest BCUT2D eigenvalue weighted by Gasteiger charge is -1.98. The van der Waals surface area contributed by atoms with Crippen LogP contribution in [0.2, 0.25) is 0 Å². The smallest absolute Gasteiger partial charge is 0.437 e. The lowest BCUT2D eigenvalue weighted by atomic mass is 10.2. The zero-order valence-corrected chi connectivity index (χ0v) is 11.1. The molecule has 0 fully saturated rings. The molecule has 0 saturated carbocycles. The van der Waals surface area contributed by atoms with Crippen molar-refractivity contribution in [3.8, 4) is 0 Å². The van der Waals surface area contributed by atoms with E-state index in [9.17, 15) is 4.79 Å². The van der Waals surface area contributed by atoms with Gasteiger partial charge in [0.25, 0.3) is 0 Å². The second-order valence-electron chi connectivity index (χ2n) is 3.52. The Hall–Kier alpha value is -2.28. The number of carbonyl (C=O) groups is 1. The maximum Gasteiger partial charge on any atom is 0.437 e. The van der Waals surface area contributed by atoms with Gasteiger partial charge in [0.1, 0.15) is 6.33 Å². The summed E-state index contributed by atoms with van der Waals surface area (Å²) in [6, 6.07) is 9.54. The fourth-order valence-electron chi connectivity index (χ4n) is 1.35. The predicted molar refractivity (Wildman–Crippen MR) is 72.9 cm³/mol. The van der Waals surface area contributed by atoms with Crippen LogP contribution in [0.4, 0.5) is 4.79 Å². The van der Waals surface area contributed by atoms with E-state index in [1.165, 1.54) is 11.0 Å². The van der Waals surface area contributed by atoms with Crippen molar-refractivity contribution in [2.24, 2.45) is 5.10 Å². The molecule has 19 heavy (non-hydrogen) atoms. The van der Waals surface area contributed by atoms with Crippen molar-refractivity contribution in [1.82, 2.24) is 14.5 Å². The maximum atomic E-state index is 11.5. The fraction of sp³-hybridized carbons (Fsp3) is 0.167. The van der Waals surface area contributed by atoms with Gasteiger partial charge in [-0.25, -0.2) is 4.79 Å². The van der Waals surface area contributed by atoms with Crippen LogP contribution in [0.15, 0.2) is 41.8 Å². The Morgan fingerprint density at radius 1 is 1.47 bits per heavy atom. The van der Waals surface area contributed by atoms with Crippen molar-refractivity contribution in [3.05, 3.63) is 47.0 Å². The number of benzene rings is 1. The van der Waals surface area contributed by atoms with Crippen LogP contribution in [0.25, 0.3) is 0 Å². The molecule has 0 aliphatic heterocycles. The van der Waals surface area contributed by atoms with Crippen molar-refractivity contribution in [1.29, 1.82) is 0 Å². The van der Waals surface area contributed by atoms with E-state index in [2.05, 4.69) is 10.2 Å². The molecule has 0 aliphatic carbocycles. The van der Waals surface area contributed by atoms with Gasteiger partial charge in [0.05, 0.1) is 12.8 Å². The summed E-state index contributed by atoms with van der Waals surface area (Å²) in [4.78, 5) is 11.5. The third-order valence-corrected chi connectivity index (χ3v) is 2.59. The summed E-state index contributed by atoms with van der Waals surface area (Å²) in [5.41, 5.74) is 0.924. The quantitative estimate of drug-likeness (QED) is 0.637. The molecule has 0 bridgehead atoms. The van der Waals surface area contributed by atoms with Crippen molar-refractivity contribution < 1.29 is 9.53 Å². The van der Waals surface area contributed by atoms with Crippen molar-refractivity contribution in [2.75, 3.05) is 6.61 Å². The summed E-state index contributed by atoms with van der Waals surface area (Å²) in [5, 5.41) is 7.97. The lowest BCUT2D eigenvalue weighted by Crippen LogP contribution is -2.15. The van der Waals surface area contributed by atoms with E-state index in [4.69, 9.17) is 17.0 Å². The molecule has 0 atom stereocenters. The largest absolute Gasteiger partial charge is 0.448 e. The van der Waals surface area contributed by atoms with Gasteiger partial charge in [0, 0.05) is 0 Å². The van der Waals surface area contributed by atoms with Crippen LogP contribution in [0.1, 0.15) is 12.5 Å². The van der Waals surface area contributed by atoms with Gasteiger partial charge in [0.15, 0.2) is 0 Å². The molecule has 0 unspecified atom stereocenters. The summed E-state index contributed by atoms with van der Waals surface area (Å²) in [5.74, 6) is 0. The molecule has 98 valence electrons. The summed E-state index contributed by atoms with van der Waals surface area (Å²) >= 11 is 5.08. The topological polar surface area (TPSA) is 61.4 Å². The molecular formula is C12H12N4O2S. The highest BCUT2D eigenvalue weighted by molar-refractivity contribution is 7.71. The van der Waals surface area contributed by atoms with Gasteiger partial charge in [-0.05, 0) is 24.7 Å². The Labute approximate surface area is 114 Å². The van der Waals surface area contributed by atoms with E-state index in [-0.39, 0.29) is 11.4 Å². The Balaban J connectivity index is 2.21. The first-order chi connectivity index (χ1) is 9.22. The van der Waals surface area contributed by atoms with Gasteiger partial charge in [-0.2, -0.15) is 9.78 Å². The third kappa shape index (κ3) is 3.14. The van der Waals surface area contributed by atoms with Crippen LogP contribution in [-0.4, -0.2) is 33.4 Å². The Morgan fingerprint density at radius 3 is 2.89 bits per heavy atom. The SMILES string of the molecule is CCOC(=O)n1ncn(/N=C/c2ccccc2)c1=S. The molecular weight excluding hydrogens is 264 g/mol. The first-order valence-corrected chi connectivity index (χ1v) is 6.06. The molecule has 0 amide bonds. The fourth-order valence-corrected chi connectivity index (χ4v) is 1.57. The molecule has 1 aromatic carbocycles. The Bertz CT molecular complexity index is 645. The molecule has 0 radical (unpaired) electrons. The van der Waals surface area contributed by atoms with Crippen molar-refractivity contribution in [3.63, 3.8) is 0 Å². The van der Waals surface area contributed by atoms with Gasteiger partial charge < -0.3 is 4.74 Å². The van der Waals surface area contributed by atoms with Crippen LogP contribution in [0.3, 0.4) is 0 Å². The van der Waals surface area contributed by atoms with Gasteiger partial charge >= 0.3 is 6.09 Å². The van der Waals surface area contributed by atoms with Gasteiger partial charge in [-0.15, -0.1) is 9.78 Å². The Kier molecular flexibility index (Phi) is 4.19. The van der Waals surface area contributed by atoms with Crippen molar-refractivity contribution >= 4 is 24.5 Å². The van der Waals surface area contributed by atoms with Crippen LogP contribution >= 0.6 is 12.2 Å². The second-order valence-corrected chi connectivity index (χ2v) is 3.89. The zero-order chi connectivity index (χ0) is 13.7. The average molecular weight is 276 g/mol. The summed E-state index contributed by atoms with van der Waals surface area (Å²) in [6.45, 7) is 1.98. The van der Waals surface area contributed by atoms with E-state index >= 15 is 0 Å². The van der Waals surface area contributed by atoms with Gasteiger partial charge in [-0.3, -0.25) is 0 Å². The molecule has 2 aromatic rings. The van der Waals surface area contributed by atoms with E-state index in [0.29, 0.717) is 0 Å². The summed E-state index contributed by atoms with van der Waals surface area (Å²) < 4.78 is 7.29. The van der Waals surface area contributed by atoms with Crippen LogP contribution in [0, 0.1) is 4.77 Å². The van der Waals surface area contributed by atoms with E-state index in [0.717, 1.165) is 10.2 Å². The number of nitrogens with zero attached hydrogens (tertiary/aromatic N) is 4. The zero-order valence-electron chi connectivity index (χ0n) is 10.3. The molecule has 1 heterocycles. The molecule has 1 aromatic heterocycles. The highest BCUT2D eigenvalue weighted by Crippen LogP contribution is 1.98. The van der Waals surface area contributed by atoms with E-state index < -0.39 is 6.09 Å². The molecule has 0 saturated heterocycles. The lowest BCUT2D eigenvalue weighted by molar-refractivity contribution is 0.150. The highest BCUT2D eigenvalue weighted by Gasteiger charge is 2.09. The first-order valence-electron chi connectivity index (χ1n) is 5.65. The van der Waals surface area contributed by atoms with Gasteiger partial charge in [0.2, 0.25) is 4.77 Å². The number of aromatic nitrogens is 3. The monoisotopic (exact) mass is 276 g/mol. The highest BCUT2D eigenvalue weighted by atomic mass is 32.1. The third-order valence-electron chi connectivity index (χ3n) is 2.23. The minimum atomic E-state index is -0.610. The van der Waals surface area contributed by atoms with E-state index in [1.54, 1.807) is 13.1 Å². The van der Waals surface area contributed by atoms with Crippen LogP contribution in [-0.2, 0) is 4.74 Å². The predicted octanol–water partition coefficient (Wildman–Crippen LogP) is 2.30. The van der Waals surface area contributed by atoms with Crippen LogP contribution < -0.4 is 0 Å². The molecule has 0 N–H and O–H groups in total. The number of ether oxygens (including phenoxy) is 1. The number of carbonyl (C=O) groups excluding carboxylic acids is 1. The Morgan fingerprint density at radius 2 is 2.21 bits per heavy atom. The number of hydrogen-bond donors (Lipinski definition) is 0. The van der Waals surface area contributed by atoms with E-state index in [1.807, 2.05) is 30.3 Å². The summed E-state index contributed by atoms with van der Waals surface area (Å²) in [7, 11) is 0. The van der Waals surface area contributed by atoms with Crippen LogP contribution in [0.5, 0.6) is 0 Å². The second kappa shape index (κ2) is 6.05.